The van der Waals surface area contributed by atoms with E-state index in [2.05, 4.69) is 20.3 Å². The average molecular weight is 344 g/mol. The van der Waals surface area contributed by atoms with Crippen LogP contribution >= 0.6 is 0 Å². The normalized spacial score (nSPS) is 20.2. The van der Waals surface area contributed by atoms with Crippen LogP contribution in [0.2, 0.25) is 0 Å². The van der Waals surface area contributed by atoms with Gasteiger partial charge in [0.05, 0.1) is 43.8 Å². The summed E-state index contributed by atoms with van der Waals surface area (Å²) in [5.74, 6) is -0.263. The molecule has 3 heterocycles. The summed E-state index contributed by atoms with van der Waals surface area (Å²) < 4.78 is 11.4. The van der Waals surface area contributed by atoms with Gasteiger partial charge in [-0.15, -0.1) is 0 Å². The van der Waals surface area contributed by atoms with Crippen molar-refractivity contribution in [3.8, 4) is 0 Å². The SMILES string of the molecule is O=C(Cc1cnc[nH]c1=O)N[C@@H]1COCC[C@H]1OCc1ccccn1. The smallest absolute Gasteiger partial charge is 0.254 e. The Labute approximate surface area is 144 Å². The van der Waals surface area contributed by atoms with Crippen molar-refractivity contribution in [1.82, 2.24) is 20.3 Å². The largest absolute Gasteiger partial charge is 0.379 e. The minimum Gasteiger partial charge on any atom is -0.379 e. The molecule has 1 saturated heterocycles. The van der Waals surface area contributed by atoms with Crippen LogP contribution in [0.15, 0.2) is 41.7 Å². The molecule has 8 nitrogen and oxygen atoms in total. The maximum absolute atomic E-state index is 12.2. The van der Waals surface area contributed by atoms with Gasteiger partial charge in [-0.25, -0.2) is 4.98 Å². The van der Waals surface area contributed by atoms with Gasteiger partial charge in [0, 0.05) is 24.6 Å². The number of pyridine rings is 1. The molecule has 0 radical (unpaired) electrons. The predicted molar refractivity (Wildman–Crippen MR) is 88.7 cm³/mol. The van der Waals surface area contributed by atoms with Crippen molar-refractivity contribution in [2.75, 3.05) is 13.2 Å². The second-order valence-corrected chi connectivity index (χ2v) is 5.79. The number of nitrogens with zero attached hydrogens (tertiary/aromatic N) is 2. The van der Waals surface area contributed by atoms with E-state index in [0.29, 0.717) is 31.8 Å². The number of ether oxygens (including phenoxy) is 2. The molecule has 2 atom stereocenters. The Kier molecular flexibility index (Phi) is 5.86. The third-order valence-corrected chi connectivity index (χ3v) is 3.95. The molecule has 0 unspecified atom stereocenters. The molecule has 1 fully saturated rings. The Morgan fingerprint density at radius 1 is 1.44 bits per heavy atom. The predicted octanol–water partition coefficient (Wildman–Crippen LogP) is 0.198. The van der Waals surface area contributed by atoms with Gasteiger partial charge in [-0.1, -0.05) is 6.07 Å². The van der Waals surface area contributed by atoms with Crippen molar-refractivity contribution < 1.29 is 14.3 Å². The number of H-pyrrole nitrogens is 1. The van der Waals surface area contributed by atoms with Crippen LogP contribution < -0.4 is 10.9 Å². The third-order valence-electron chi connectivity index (χ3n) is 3.95. The van der Waals surface area contributed by atoms with Gasteiger partial charge >= 0.3 is 0 Å². The summed E-state index contributed by atoms with van der Waals surface area (Å²) in [6.45, 7) is 1.34. The van der Waals surface area contributed by atoms with Gasteiger partial charge in [0.2, 0.25) is 5.91 Å². The summed E-state index contributed by atoms with van der Waals surface area (Å²) in [6, 6.07) is 5.38. The van der Waals surface area contributed by atoms with Crippen molar-refractivity contribution in [2.24, 2.45) is 0 Å². The van der Waals surface area contributed by atoms with E-state index in [4.69, 9.17) is 9.47 Å². The maximum Gasteiger partial charge on any atom is 0.254 e. The van der Waals surface area contributed by atoms with Crippen LogP contribution in [-0.2, 0) is 27.3 Å². The van der Waals surface area contributed by atoms with E-state index >= 15 is 0 Å². The fourth-order valence-electron chi connectivity index (χ4n) is 2.66. The van der Waals surface area contributed by atoms with Crippen LogP contribution in [0.3, 0.4) is 0 Å². The highest BCUT2D eigenvalue weighted by atomic mass is 16.5. The molecule has 0 saturated carbocycles. The van der Waals surface area contributed by atoms with Gasteiger partial charge in [-0.2, -0.15) is 0 Å². The van der Waals surface area contributed by atoms with E-state index in [9.17, 15) is 9.59 Å². The zero-order chi connectivity index (χ0) is 17.5. The van der Waals surface area contributed by atoms with Gasteiger partial charge in [0.25, 0.3) is 5.56 Å². The van der Waals surface area contributed by atoms with Crippen LogP contribution in [0.25, 0.3) is 0 Å². The minimum atomic E-state index is -0.312. The summed E-state index contributed by atoms with van der Waals surface area (Å²) in [4.78, 5) is 34.4. The van der Waals surface area contributed by atoms with Crippen molar-refractivity contribution in [1.29, 1.82) is 0 Å². The number of carbonyl (C=O) groups excluding carboxylic acids is 1. The zero-order valence-electron chi connectivity index (χ0n) is 13.7. The Hall–Kier alpha value is -2.58. The molecule has 0 spiro atoms. The zero-order valence-corrected chi connectivity index (χ0v) is 13.7. The van der Waals surface area contributed by atoms with Crippen LogP contribution in [0, 0.1) is 0 Å². The fourth-order valence-corrected chi connectivity index (χ4v) is 2.66. The minimum absolute atomic E-state index is 0.0351. The molecule has 1 aliphatic heterocycles. The number of aromatic amines is 1. The number of amides is 1. The molecular weight excluding hydrogens is 324 g/mol. The molecular formula is C17H20N4O4. The number of carbonyl (C=O) groups is 1. The highest BCUT2D eigenvalue weighted by Gasteiger charge is 2.28. The molecule has 1 aliphatic rings. The summed E-state index contributed by atoms with van der Waals surface area (Å²) in [7, 11) is 0. The molecule has 2 aromatic heterocycles. The first-order valence-electron chi connectivity index (χ1n) is 8.12. The molecule has 132 valence electrons. The molecule has 0 aromatic carbocycles. The average Bonchev–Trinajstić information content (AvgIpc) is 2.64. The second kappa shape index (κ2) is 8.50. The lowest BCUT2D eigenvalue weighted by atomic mass is 10.1. The van der Waals surface area contributed by atoms with E-state index in [1.54, 1.807) is 6.20 Å². The van der Waals surface area contributed by atoms with E-state index in [1.165, 1.54) is 12.5 Å². The summed E-state index contributed by atoms with van der Waals surface area (Å²) in [6.07, 6.45) is 4.89. The first-order valence-corrected chi connectivity index (χ1v) is 8.12. The Morgan fingerprint density at radius 2 is 2.36 bits per heavy atom. The molecule has 1 amide bonds. The van der Waals surface area contributed by atoms with Gasteiger partial charge < -0.3 is 19.8 Å². The molecule has 3 rings (SSSR count). The van der Waals surface area contributed by atoms with Crippen LogP contribution in [0.1, 0.15) is 17.7 Å². The van der Waals surface area contributed by atoms with Crippen molar-refractivity contribution in [3.63, 3.8) is 0 Å². The van der Waals surface area contributed by atoms with Gasteiger partial charge in [-0.05, 0) is 18.6 Å². The Bertz CT molecular complexity index is 750. The third kappa shape index (κ3) is 4.94. The van der Waals surface area contributed by atoms with Gasteiger partial charge in [0.1, 0.15) is 0 Å². The van der Waals surface area contributed by atoms with Crippen molar-refractivity contribution in [3.05, 3.63) is 58.5 Å². The molecule has 0 aliphatic carbocycles. The molecule has 2 aromatic rings. The summed E-state index contributed by atoms with van der Waals surface area (Å²) in [5.41, 5.74) is 0.844. The summed E-state index contributed by atoms with van der Waals surface area (Å²) >= 11 is 0. The molecule has 2 N–H and O–H groups in total. The lowest BCUT2D eigenvalue weighted by Gasteiger charge is -2.32. The van der Waals surface area contributed by atoms with Gasteiger partial charge in [-0.3, -0.25) is 14.6 Å². The van der Waals surface area contributed by atoms with E-state index in [0.717, 1.165) is 5.69 Å². The Morgan fingerprint density at radius 3 is 3.16 bits per heavy atom. The number of nitrogens with one attached hydrogen (secondary N) is 2. The lowest BCUT2D eigenvalue weighted by Crippen LogP contribution is -2.51. The monoisotopic (exact) mass is 344 g/mol. The molecule has 0 bridgehead atoms. The summed E-state index contributed by atoms with van der Waals surface area (Å²) in [5, 5.41) is 2.89. The Balaban J connectivity index is 1.56. The number of hydrogen-bond donors (Lipinski definition) is 2. The highest BCUT2D eigenvalue weighted by molar-refractivity contribution is 5.78. The topological polar surface area (TPSA) is 106 Å². The van der Waals surface area contributed by atoms with Crippen LogP contribution in [-0.4, -0.2) is 46.2 Å². The highest BCUT2D eigenvalue weighted by Crippen LogP contribution is 2.14. The van der Waals surface area contributed by atoms with E-state index < -0.39 is 0 Å². The number of hydrogen-bond acceptors (Lipinski definition) is 6. The van der Waals surface area contributed by atoms with Crippen LogP contribution in [0.5, 0.6) is 0 Å². The quantitative estimate of drug-likeness (QED) is 0.775. The number of aromatic nitrogens is 3. The van der Waals surface area contributed by atoms with Crippen molar-refractivity contribution in [2.45, 2.75) is 31.6 Å². The van der Waals surface area contributed by atoms with Gasteiger partial charge in [0.15, 0.2) is 0 Å². The maximum atomic E-state index is 12.2. The fraction of sp³-hybridized carbons (Fsp3) is 0.412. The van der Waals surface area contributed by atoms with Crippen molar-refractivity contribution >= 4 is 5.91 Å². The first kappa shape index (κ1) is 17.2. The first-order chi connectivity index (χ1) is 12.2. The lowest BCUT2D eigenvalue weighted by molar-refractivity contribution is -0.126. The molecule has 8 heteroatoms. The molecule has 25 heavy (non-hydrogen) atoms. The number of rotatable bonds is 6. The van der Waals surface area contributed by atoms with E-state index in [-0.39, 0.29) is 30.0 Å². The van der Waals surface area contributed by atoms with Crippen LogP contribution in [0.4, 0.5) is 0 Å². The van der Waals surface area contributed by atoms with E-state index in [1.807, 2.05) is 18.2 Å². The second-order valence-electron chi connectivity index (χ2n) is 5.79. The standard InChI is InChI=1S/C17H20N4O4/c22-16(7-12-8-18-11-20-17(12)23)21-14-10-24-6-4-15(14)25-9-13-3-1-2-5-19-13/h1-3,5,8,11,14-15H,4,6-7,9-10H2,(H,21,22)(H,18,20,23)/t14-,15-/m1/s1.